The number of carbonyl (C=O) groups excluding carboxylic acids is 1. The van der Waals surface area contributed by atoms with Crippen molar-refractivity contribution in [2.24, 2.45) is 0 Å². The summed E-state index contributed by atoms with van der Waals surface area (Å²) in [7, 11) is 0. The minimum Gasteiger partial charge on any atom is -0.343 e. The number of amides is 1. The van der Waals surface area contributed by atoms with Gasteiger partial charge in [-0.3, -0.25) is 4.79 Å². The molecule has 0 saturated carbocycles. The lowest BCUT2D eigenvalue weighted by Crippen LogP contribution is -2.27. The van der Waals surface area contributed by atoms with Crippen LogP contribution in [0.25, 0.3) is 0 Å². The smallest absolute Gasteiger partial charge is 0.271 e. The summed E-state index contributed by atoms with van der Waals surface area (Å²) in [5, 5.41) is 2.95. The third-order valence-electron chi connectivity index (χ3n) is 2.56. The van der Waals surface area contributed by atoms with E-state index < -0.39 is 0 Å². The van der Waals surface area contributed by atoms with Gasteiger partial charge in [-0.1, -0.05) is 0 Å². The molecule has 0 aliphatic heterocycles. The van der Waals surface area contributed by atoms with Gasteiger partial charge in [-0.15, -0.1) is 11.3 Å². The second-order valence-corrected chi connectivity index (χ2v) is 7.22. The number of aromatic nitrogens is 1. The van der Waals surface area contributed by atoms with Gasteiger partial charge < -0.3 is 5.32 Å². The van der Waals surface area contributed by atoms with Crippen molar-refractivity contribution in [3.05, 3.63) is 48.8 Å². The molecule has 100 valence electrons. The van der Waals surface area contributed by atoms with Crippen molar-refractivity contribution in [3.8, 4) is 0 Å². The third kappa shape index (κ3) is 3.64. The Labute approximate surface area is 132 Å². The van der Waals surface area contributed by atoms with Crippen molar-refractivity contribution in [1.29, 1.82) is 0 Å². The Balaban J connectivity index is 2.12. The molecule has 6 heteroatoms. The van der Waals surface area contributed by atoms with Gasteiger partial charge in [-0.05, 0) is 63.9 Å². The quantitative estimate of drug-likeness (QED) is 0.821. The first kappa shape index (κ1) is 14.7. The molecule has 1 atom stereocenters. The Morgan fingerprint density at radius 3 is 2.74 bits per heavy atom. The van der Waals surface area contributed by atoms with Crippen LogP contribution in [0.4, 0.5) is 0 Å². The Hall–Kier alpha value is -0.720. The summed E-state index contributed by atoms with van der Waals surface area (Å²) in [5.41, 5.74) is 0.392. The standard InChI is InChI=1S/C13H12Br2N2OS/c1-7-3-4-11(19-7)8(2)17-13(18)12-10(15)5-9(14)6-16-12/h3-6,8H,1-2H3,(H,17,18)/t8-/m0/s1. The van der Waals surface area contributed by atoms with Crippen LogP contribution in [0, 0.1) is 6.92 Å². The lowest BCUT2D eigenvalue weighted by molar-refractivity contribution is 0.0934. The third-order valence-corrected chi connectivity index (χ3v) is 4.78. The van der Waals surface area contributed by atoms with Gasteiger partial charge in [0.05, 0.1) is 10.5 Å². The molecule has 1 amide bonds. The Bertz CT molecular complexity index is 612. The highest BCUT2D eigenvalue weighted by molar-refractivity contribution is 9.11. The minimum atomic E-state index is -0.182. The number of aryl methyl sites for hydroxylation is 1. The maximum Gasteiger partial charge on any atom is 0.271 e. The molecule has 2 rings (SSSR count). The summed E-state index contributed by atoms with van der Waals surface area (Å²) in [4.78, 5) is 18.7. The fraction of sp³-hybridized carbons (Fsp3) is 0.231. The molecule has 0 unspecified atom stereocenters. The molecular weight excluding hydrogens is 392 g/mol. The number of carbonyl (C=O) groups is 1. The lowest BCUT2D eigenvalue weighted by Gasteiger charge is -2.12. The molecule has 19 heavy (non-hydrogen) atoms. The Morgan fingerprint density at radius 1 is 1.42 bits per heavy atom. The van der Waals surface area contributed by atoms with Gasteiger partial charge in [0.2, 0.25) is 0 Å². The van der Waals surface area contributed by atoms with Crippen LogP contribution < -0.4 is 5.32 Å². The lowest BCUT2D eigenvalue weighted by atomic mass is 10.2. The summed E-state index contributed by atoms with van der Waals surface area (Å²) in [6.45, 7) is 4.02. The van der Waals surface area contributed by atoms with Gasteiger partial charge >= 0.3 is 0 Å². The molecule has 0 aromatic carbocycles. The van der Waals surface area contributed by atoms with Crippen LogP contribution in [0.1, 0.15) is 33.2 Å². The molecule has 2 heterocycles. The monoisotopic (exact) mass is 402 g/mol. The van der Waals surface area contributed by atoms with E-state index in [1.165, 1.54) is 4.88 Å². The number of halogens is 2. The summed E-state index contributed by atoms with van der Waals surface area (Å²) < 4.78 is 1.51. The predicted octanol–water partition coefficient (Wildman–Crippen LogP) is 4.47. The largest absolute Gasteiger partial charge is 0.343 e. The van der Waals surface area contributed by atoms with E-state index in [1.807, 2.05) is 19.1 Å². The zero-order valence-corrected chi connectivity index (χ0v) is 14.4. The molecule has 0 aliphatic carbocycles. The number of pyridine rings is 1. The van der Waals surface area contributed by atoms with E-state index in [0.29, 0.717) is 10.2 Å². The van der Waals surface area contributed by atoms with Gasteiger partial charge in [0, 0.05) is 20.4 Å². The molecule has 0 radical (unpaired) electrons. The highest BCUT2D eigenvalue weighted by Crippen LogP contribution is 2.24. The molecule has 0 spiro atoms. The number of rotatable bonds is 3. The molecule has 3 nitrogen and oxygen atoms in total. The van der Waals surface area contributed by atoms with E-state index >= 15 is 0 Å². The second-order valence-electron chi connectivity index (χ2n) is 4.13. The van der Waals surface area contributed by atoms with Crippen LogP contribution in [0.5, 0.6) is 0 Å². The molecule has 0 aliphatic rings. The molecule has 0 saturated heterocycles. The number of nitrogens with zero attached hydrogens (tertiary/aromatic N) is 1. The van der Waals surface area contributed by atoms with Crippen molar-refractivity contribution in [3.63, 3.8) is 0 Å². The first-order chi connectivity index (χ1) is 8.97. The van der Waals surface area contributed by atoms with Crippen LogP contribution in [-0.2, 0) is 0 Å². The molecule has 0 bridgehead atoms. The van der Waals surface area contributed by atoms with Crippen molar-refractivity contribution in [2.45, 2.75) is 19.9 Å². The van der Waals surface area contributed by atoms with Gasteiger partial charge in [0.25, 0.3) is 5.91 Å². The van der Waals surface area contributed by atoms with E-state index in [2.05, 4.69) is 55.2 Å². The molecule has 2 aromatic rings. The second kappa shape index (κ2) is 6.15. The van der Waals surface area contributed by atoms with E-state index in [0.717, 1.165) is 9.35 Å². The summed E-state index contributed by atoms with van der Waals surface area (Å²) in [6, 6.07) is 5.87. The maximum absolute atomic E-state index is 12.2. The highest BCUT2D eigenvalue weighted by Gasteiger charge is 2.16. The van der Waals surface area contributed by atoms with Crippen molar-refractivity contribution in [2.75, 3.05) is 0 Å². The van der Waals surface area contributed by atoms with Gasteiger partial charge in [0.1, 0.15) is 5.69 Å². The zero-order valence-electron chi connectivity index (χ0n) is 10.4. The van der Waals surface area contributed by atoms with E-state index in [1.54, 1.807) is 17.5 Å². The fourth-order valence-corrected chi connectivity index (χ4v) is 3.65. The first-order valence-electron chi connectivity index (χ1n) is 5.65. The van der Waals surface area contributed by atoms with Crippen LogP contribution in [0.15, 0.2) is 33.3 Å². The van der Waals surface area contributed by atoms with Crippen LogP contribution in [0.2, 0.25) is 0 Å². The van der Waals surface area contributed by atoms with Gasteiger partial charge in [0.15, 0.2) is 0 Å². The normalized spacial score (nSPS) is 12.2. The average Bonchev–Trinajstić information content (AvgIpc) is 2.75. The van der Waals surface area contributed by atoms with Crippen molar-refractivity contribution < 1.29 is 4.79 Å². The van der Waals surface area contributed by atoms with Gasteiger partial charge in [-0.2, -0.15) is 0 Å². The fourth-order valence-electron chi connectivity index (χ4n) is 1.60. The highest BCUT2D eigenvalue weighted by atomic mass is 79.9. The SMILES string of the molecule is Cc1ccc([C@H](C)NC(=O)c2ncc(Br)cc2Br)s1. The van der Waals surface area contributed by atoms with Gasteiger partial charge in [-0.25, -0.2) is 4.98 Å². The number of nitrogens with one attached hydrogen (secondary N) is 1. The van der Waals surface area contributed by atoms with Crippen LogP contribution in [-0.4, -0.2) is 10.9 Å². The van der Waals surface area contributed by atoms with Crippen LogP contribution >= 0.6 is 43.2 Å². The summed E-state index contributed by atoms with van der Waals surface area (Å²) in [6.07, 6.45) is 1.61. The number of hydrogen-bond acceptors (Lipinski definition) is 3. The zero-order chi connectivity index (χ0) is 14.0. The maximum atomic E-state index is 12.2. The average molecular weight is 404 g/mol. The Morgan fingerprint density at radius 2 is 2.16 bits per heavy atom. The summed E-state index contributed by atoms with van der Waals surface area (Å²) in [5.74, 6) is -0.182. The van der Waals surface area contributed by atoms with Crippen molar-refractivity contribution in [1.82, 2.24) is 10.3 Å². The first-order valence-corrected chi connectivity index (χ1v) is 8.06. The molecular formula is C13H12Br2N2OS. The molecule has 0 fully saturated rings. The summed E-state index contributed by atoms with van der Waals surface area (Å²) >= 11 is 8.35. The molecule has 2 aromatic heterocycles. The molecule has 1 N–H and O–H groups in total. The van der Waals surface area contributed by atoms with Crippen molar-refractivity contribution >= 4 is 49.1 Å². The predicted molar refractivity (Wildman–Crippen MR) is 84.6 cm³/mol. The van der Waals surface area contributed by atoms with E-state index in [-0.39, 0.29) is 11.9 Å². The topological polar surface area (TPSA) is 42.0 Å². The minimum absolute atomic E-state index is 0.0245. The van der Waals surface area contributed by atoms with Crippen LogP contribution in [0.3, 0.4) is 0 Å². The number of thiophene rings is 1. The number of hydrogen-bond donors (Lipinski definition) is 1. The Kier molecular flexibility index (Phi) is 4.76. The van der Waals surface area contributed by atoms with E-state index in [4.69, 9.17) is 0 Å². The van der Waals surface area contributed by atoms with E-state index in [9.17, 15) is 4.79 Å².